The number of pyridine rings is 2. The molecule has 11 heteroatoms. The summed E-state index contributed by atoms with van der Waals surface area (Å²) in [5.41, 5.74) is 0.830. The summed E-state index contributed by atoms with van der Waals surface area (Å²) in [5.74, 6) is -1.44. The second kappa shape index (κ2) is 8.23. The van der Waals surface area contributed by atoms with Crippen LogP contribution in [0, 0.1) is 12.7 Å². The second-order valence-electron chi connectivity index (χ2n) is 9.39. The van der Waals surface area contributed by atoms with E-state index in [9.17, 15) is 29.0 Å². The number of fused-ring (bicyclic) bond motifs is 5. The second-order valence-corrected chi connectivity index (χ2v) is 10.4. The molecule has 9 nitrogen and oxygen atoms in total. The minimum Gasteiger partial charge on any atom is -0.458 e. The first kappa shape index (κ1) is 23.8. The highest BCUT2D eigenvalue weighted by atomic mass is 32.2. The number of benzene rings is 1. The number of amides is 1. The topological polar surface area (TPSA) is 131 Å². The lowest BCUT2D eigenvalue weighted by molar-refractivity contribution is -0.171. The molecule has 2 aromatic heterocycles. The Hall–Kier alpha value is -3.54. The Morgan fingerprint density at radius 1 is 1.41 bits per heavy atom. The molecule has 1 amide bonds. The third kappa shape index (κ3) is 3.24. The van der Waals surface area contributed by atoms with Gasteiger partial charge in [-0.05, 0) is 24.1 Å². The maximum atomic E-state index is 14.9. The maximum absolute atomic E-state index is 14.9. The number of thioether (sulfide) groups is 1. The number of aromatic nitrogens is 2. The Balaban J connectivity index is 1.66. The van der Waals surface area contributed by atoms with Crippen molar-refractivity contribution in [3.05, 3.63) is 68.8 Å². The molecule has 0 aliphatic carbocycles. The van der Waals surface area contributed by atoms with Crippen LogP contribution in [-0.4, -0.2) is 44.0 Å². The van der Waals surface area contributed by atoms with Crippen LogP contribution < -0.4 is 10.9 Å². The van der Waals surface area contributed by atoms with Gasteiger partial charge < -0.3 is 24.8 Å². The molecular weight excluding hydrogens is 501 g/mol. The minimum absolute atomic E-state index is 0.134. The molecule has 0 radical (unpaired) electrons. The van der Waals surface area contributed by atoms with Gasteiger partial charge in [0.1, 0.15) is 19.0 Å². The third-order valence-corrected chi connectivity index (χ3v) is 8.61. The highest BCUT2D eigenvalue weighted by molar-refractivity contribution is 7.99. The van der Waals surface area contributed by atoms with Crippen LogP contribution >= 0.6 is 11.8 Å². The van der Waals surface area contributed by atoms with Crippen molar-refractivity contribution < 1.29 is 28.9 Å². The van der Waals surface area contributed by atoms with Crippen molar-refractivity contribution in [3.8, 4) is 11.4 Å². The number of carbonyl (C=O) groups excluding carboxylic acids is 2. The number of cyclic esters (lactones) is 1. The molecule has 0 saturated carbocycles. The molecule has 3 N–H and O–H groups in total. The summed E-state index contributed by atoms with van der Waals surface area (Å²) in [6.45, 7) is 4.47. The van der Waals surface area contributed by atoms with Crippen LogP contribution in [0.1, 0.15) is 40.3 Å². The van der Waals surface area contributed by atoms with Gasteiger partial charge in [0.05, 0.1) is 35.1 Å². The van der Waals surface area contributed by atoms with Gasteiger partial charge in [-0.2, -0.15) is 0 Å². The fourth-order valence-electron chi connectivity index (χ4n) is 5.55. The van der Waals surface area contributed by atoms with E-state index in [1.807, 2.05) is 0 Å². The Morgan fingerprint density at radius 2 is 2.19 bits per heavy atom. The molecule has 0 unspecified atom stereocenters. The smallest absolute Gasteiger partial charge is 0.343 e. The predicted octanol–water partition coefficient (Wildman–Crippen LogP) is 1.95. The van der Waals surface area contributed by atoms with Crippen LogP contribution in [0.2, 0.25) is 0 Å². The van der Waals surface area contributed by atoms with Gasteiger partial charge in [0.25, 0.3) is 5.56 Å². The average molecular weight is 524 g/mol. The first-order valence-electron chi connectivity index (χ1n) is 11.7. The van der Waals surface area contributed by atoms with Gasteiger partial charge >= 0.3 is 5.97 Å². The molecule has 6 rings (SSSR count). The number of ether oxygens (including phenoxy) is 1. The fraction of sp³-hybridized carbons (Fsp3) is 0.308. The molecular formula is C26H22FN3O6S. The van der Waals surface area contributed by atoms with Crippen molar-refractivity contribution in [2.45, 2.75) is 43.0 Å². The molecule has 3 aliphatic rings. The normalized spacial score (nSPS) is 21.2. The van der Waals surface area contributed by atoms with Gasteiger partial charge in [0, 0.05) is 39.6 Å². The minimum atomic E-state index is -2.07. The molecule has 0 saturated heterocycles. The number of aliphatic hydroxyl groups excluding tert-OH is 1. The van der Waals surface area contributed by atoms with E-state index >= 15 is 0 Å². The number of halogens is 1. The Kier molecular flexibility index (Phi) is 5.30. The number of nitrogens with zero attached hydrogens (tertiary/aromatic N) is 2. The fourth-order valence-corrected chi connectivity index (χ4v) is 6.80. The van der Waals surface area contributed by atoms with E-state index in [2.05, 4.69) is 11.9 Å². The van der Waals surface area contributed by atoms with Crippen molar-refractivity contribution in [1.82, 2.24) is 14.9 Å². The molecule has 0 fully saturated rings. The zero-order valence-electron chi connectivity index (χ0n) is 19.8. The predicted molar refractivity (Wildman–Crippen MR) is 132 cm³/mol. The number of nitrogens with one attached hydrogen (secondary N) is 1. The van der Waals surface area contributed by atoms with Gasteiger partial charge in [-0.3, -0.25) is 9.59 Å². The SMILES string of the molecule is C=CC[C@@]1(O)C(=O)OCc2c1cc1n(c2=O)Cc2c-1nc1cc(F)c(C)c3c1c2[C@H](NC(=O)CO)CS3. The van der Waals surface area contributed by atoms with E-state index in [1.165, 1.54) is 28.5 Å². The lowest BCUT2D eigenvalue weighted by Gasteiger charge is -2.31. The van der Waals surface area contributed by atoms with E-state index in [-0.39, 0.29) is 30.7 Å². The van der Waals surface area contributed by atoms with E-state index in [1.54, 1.807) is 13.0 Å². The first-order chi connectivity index (χ1) is 17.7. The number of hydrogen-bond acceptors (Lipinski definition) is 8. The first-order valence-corrected chi connectivity index (χ1v) is 12.6. The molecule has 37 heavy (non-hydrogen) atoms. The third-order valence-electron chi connectivity index (χ3n) is 7.31. The molecule has 5 heterocycles. The van der Waals surface area contributed by atoms with Crippen molar-refractivity contribution in [2.24, 2.45) is 0 Å². The van der Waals surface area contributed by atoms with E-state index in [0.29, 0.717) is 44.7 Å². The molecule has 3 aromatic rings. The summed E-state index contributed by atoms with van der Waals surface area (Å²) < 4.78 is 21.5. The average Bonchev–Trinajstić information content (AvgIpc) is 3.24. The summed E-state index contributed by atoms with van der Waals surface area (Å²) in [6, 6.07) is 2.39. The summed E-state index contributed by atoms with van der Waals surface area (Å²) in [7, 11) is 0. The van der Waals surface area contributed by atoms with Crippen LogP contribution in [0.3, 0.4) is 0 Å². The monoisotopic (exact) mass is 523 g/mol. The maximum Gasteiger partial charge on any atom is 0.343 e. The molecule has 190 valence electrons. The van der Waals surface area contributed by atoms with Crippen LogP contribution in [0.15, 0.2) is 34.5 Å². The van der Waals surface area contributed by atoms with Gasteiger partial charge in [0.2, 0.25) is 5.91 Å². The van der Waals surface area contributed by atoms with Crippen molar-refractivity contribution in [2.75, 3.05) is 12.4 Å². The zero-order chi connectivity index (χ0) is 26.2. The largest absolute Gasteiger partial charge is 0.458 e. The summed E-state index contributed by atoms with van der Waals surface area (Å²) >= 11 is 1.40. The van der Waals surface area contributed by atoms with Crippen LogP contribution in [-0.2, 0) is 33.1 Å². The Morgan fingerprint density at radius 3 is 2.92 bits per heavy atom. The molecule has 2 atom stereocenters. The Labute approximate surface area is 214 Å². The van der Waals surface area contributed by atoms with Crippen molar-refractivity contribution in [3.63, 3.8) is 0 Å². The lowest BCUT2D eigenvalue weighted by atomic mass is 9.85. The summed E-state index contributed by atoms with van der Waals surface area (Å²) in [5, 5.41) is 24.1. The van der Waals surface area contributed by atoms with E-state index in [4.69, 9.17) is 9.72 Å². The highest BCUT2D eigenvalue weighted by Crippen LogP contribution is 2.48. The number of hydrogen-bond donors (Lipinski definition) is 3. The summed E-state index contributed by atoms with van der Waals surface area (Å²) in [6.07, 6.45) is 1.23. The van der Waals surface area contributed by atoms with E-state index < -0.39 is 41.5 Å². The molecule has 0 spiro atoms. The number of aliphatic hydroxyl groups is 2. The van der Waals surface area contributed by atoms with Crippen LogP contribution in [0.25, 0.3) is 22.3 Å². The van der Waals surface area contributed by atoms with Crippen molar-refractivity contribution in [1.29, 1.82) is 0 Å². The molecule has 0 bridgehead atoms. The lowest BCUT2D eigenvalue weighted by Crippen LogP contribution is -2.44. The highest BCUT2D eigenvalue weighted by Gasteiger charge is 2.46. The molecule has 1 aromatic carbocycles. The van der Waals surface area contributed by atoms with Crippen LogP contribution in [0.4, 0.5) is 4.39 Å². The van der Waals surface area contributed by atoms with Gasteiger partial charge in [0.15, 0.2) is 5.60 Å². The summed E-state index contributed by atoms with van der Waals surface area (Å²) in [4.78, 5) is 43.8. The molecule has 3 aliphatic heterocycles. The van der Waals surface area contributed by atoms with Gasteiger partial charge in [-0.1, -0.05) is 6.08 Å². The number of carbonyl (C=O) groups is 2. The van der Waals surface area contributed by atoms with Crippen molar-refractivity contribution >= 4 is 34.5 Å². The Bertz CT molecular complexity index is 1630. The number of esters is 1. The van der Waals surface area contributed by atoms with E-state index in [0.717, 1.165) is 4.90 Å². The quantitative estimate of drug-likeness (QED) is 0.273. The van der Waals surface area contributed by atoms with Gasteiger partial charge in [-0.25, -0.2) is 14.2 Å². The van der Waals surface area contributed by atoms with Gasteiger partial charge in [-0.15, -0.1) is 18.3 Å². The van der Waals surface area contributed by atoms with Crippen LogP contribution in [0.5, 0.6) is 0 Å². The number of rotatable bonds is 4. The standard InChI is InChI=1S/C26H22FN3O6S/c1-3-4-26(35)14-5-18-22-12(7-30(18)24(33)13(14)9-36-25(26)34)20-17(28-19(32)8-31)10-37-23-11(2)15(27)6-16(29-22)21(20)23/h3,5-6,17,31,35H,1,4,7-10H2,2H3,(H,28,32)/t17-,26+/m1/s1. The zero-order valence-corrected chi connectivity index (χ0v) is 20.6.